The third-order valence-corrected chi connectivity index (χ3v) is 3.80. The number of hydrogen-bond donors (Lipinski definition) is 3. The molecule has 0 saturated heterocycles. The number of aryl methyl sites for hydroxylation is 2. The lowest BCUT2D eigenvalue weighted by atomic mass is 9.96. The molecule has 3 N–H and O–H groups in total. The summed E-state index contributed by atoms with van der Waals surface area (Å²) in [6.07, 6.45) is 1.17. The average Bonchev–Trinajstić information content (AvgIpc) is 2.82. The van der Waals surface area contributed by atoms with E-state index in [2.05, 4.69) is 10.6 Å². The fraction of sp³-hybridized carbons (Fsp3) is 0.625. The van der Waals surface area contributed by atoms with Gasteiger partial charge in [-0.1, -0.05) is 26.7 Å². The zero-order chi connectivity index (χ0) is 16.7. The van der Waals surface area contributed by atoms with E-state index in [0.717, 1.165) is 12.8 Å². The summed E-state index contributed by atoms with van der Waals surface area (Å²) >= 11 is 0. The fourth-order valence-electron chi connectivity index (χ4n) is 2.39. The van der Waals surface area contributed by atoms with Gasteiger partial charge >= 0.3 is 0 Å². The van der Waals surface area contributed by atoms with Crippen molar-refractivity contribution in [1.82, 2.24) is 10.6 Å². The monoisotopic (exact) mass is 310 g/mol. The van der Waals surface area contributed by atoms with Crippen molar-refractivity contribution in [3.63, 3.8) is 0 Å². The van der Waals surface area contributed by atoms with Gasteiger partial charge in [-0.15, -0.1) is 0 Å². The van der Waals surface area contributed by atoms with Crippen LogP contribution in [0.25, 0.3) is 0 Å². The Morgan fingerprint density at radius 2 is 1.86 bits per heavy atom. The standard InChI is InChI=1S/C16H26N2O4/c1-5-12(6-2)14(19)8-17-15(20)9-18-16(21)13-7-10(3)22-11(13)4/h7,12,14,19H,5-6,8-9H2,1-4H3,(H,17,20)(H,18,21). The van der Waals surface area contributed by atoms with E-state index in [4.69, 9.17) is 4.42 Å². The van der Waals surface area contributed by atoms with E-state index >= 15 is 0 Å². The molecule has 0 radical (unpaired) electrons. The molecule has 6 nitrogen and oxygen atoms in total. The van der Waals surface area contributed by atoms with E-state index in [1.807, 2.05) is 13.8 Å². The van der Waals surface area contributed by atoms with Crippen molar-refractivity contribution in [2.75, 3.05) is 13.1 Å². The second-order valence-electron chi connectivity index (χ2n) is 5.46. The van der Waals surface area contributed by atoms with Gasteiger partial charge in [-0.25, -0.2) is 0 Å². The molecule has 1 rings (SSSR count). The van der Waals surface area contributed by atoms with Crippen molar-refractivity contribution in [2.24, 2.45) is 5.92 Å². The van der Waals surface area contributed by atoms with Gasteiger partial charge in [0.2, 0.25) is 5.91 Å². The van der Waals surface area contributed by atoms with Crippen LogP contribution in [0.1, 0.15) is 48.6 Å². The third-order valence-electron chi connectivity index (χ3n) is 3.80. The highest BCUT2D eigenvalue weighted by Crippen LogP contribution is 2.13. The van der Waals surface area contributed by atoms with Crippen molar-refractivity contribution < 1.29 is 19.1 Å². The molecule has 1 heterocycles. The summed E-state index contributed by atoms with van der Waals surface area (Å²) in [4.78, 5) is 23.6. The second-order valence-corrected chi connectivity index (χ2v) is 5.46. The number of carbonyl (C=O) groups is 2. The molecule has 0 aliphatic rings. The minimum atomic E-state index is -0.562. The molecule has 2 amide bonds. The highest BCUT2D eigenvalue weighted by Gasteiger charge is 2.17. The molecule has 0 spiro atoms. The van der Waals surface area contributed by atoms with Crippen molar-refractivity contribution in [3.8, 4) is 0 Å². The topological polar surface area (TPSA) is 91.6 Å². The Morgan fingerprint density at radius 3 is 2.36 bits per heavy atom. The summed E-state index contributed by atoms with van der Waals surface area (Å²) in [6, 6.07) is 1.64. The summed E-state index contributed by atoms with van der Waals surface area (Å²) < 4.78 is 5.28. The minimum absolute atomic E-state index is 0.127. The molecule has 0 aliphatic heterocycles. The SMILES string of the molecule is CCC(CC)C(O)CNC(=O)CNC(=O)c1cc(C)oc1C. The van der Waals surface area contributed by atoms with Crippen molar-refractivity contribution in [2.45, 2.75) is 46.6 Å². The van der Waals surface area contributed by atoms with E-state index in [1.165, 1.54) is 0 Å². The average molecular weight is 310 g/mol. The molecule has 1 aromatic rings. The van der Waals surface area contributed by atoms with Crippen LogP contribution in [0.3, 0.4) is 0 Å². The maximum atomic E-state index is 11.9. The molecular weight excluding hydrogens is 284 g/mol. The van der Waals surface area contributed by atoms with Crippen LogP contribution in [0.5, 0.6) is 0 Å². The van der Waals surface area contributed by atoms with Crippen LogP contribution in [-0.4, -0.2) is 36.1 Å². The second kappa shape index (κ2) is 8.58. The normalized spacial score (nSPS) is 12.3. The Bertz CT molecular complexity index is 506. The maximum absolute atomic E-state index is 11.9. The van der Waals surface area contributed by atoms with E-state index in [9.17, 15) is 14.7 Å². The zero-order valence-corrected chi connectivity index (χ0v) is 13.7. The Kier molecular flexibility index (Phi) is 7.11. The van der Waals surface area contributed by atoms with Crippen molar-refractivity contribution >= 4 is 11.8 Å². The molecule has 1 aromatic heterocycles. The summed E-state index contributed by atoms with van der Waals surface area (Å²) in [5, 5.41) is 15.1. The number of rotatable bonds is 8. The van der Waals surface area contributed by atoms with Crippen LogP contribution in [0.4, 0.5) is 0 Å². The summed E-state index contributed by atoms with van der Waals surface area (Å²) in [6.45, 7) is 7.55. The van der Waals surface area contributed by atoms with E-state index in [1.54, 1.807) is 19.9 Å². The van der Waals surface area contributed by atoms with E-state index in [0.29, 0.717) is 17.1 Å². The number of aliphatic hydroxyl groups excluding tert-OH is 1. The zero-order valence-electron chi connectivity index (χ0n) is 13.7. The van der Waals surface area contributed by atoms with Gasteiger partial charge in [0.05, 0.1) is 18.2 Å². The summed E-state index contributed by atoms with van der Waals surface area (Å²) in [5.41, 5.74) is 0.433. The number of carbonyl (C=O) groups excluding carboxylic acids is 2. The summed E-state index contributed by atoms with van der Waals surface area (Å²) in [5.74, 6) is 0.688. The molecule has 22 heavy (non-hydrogen) atoms. The Balaban J connectivity index is 2.37. The van der Waals surface area contributed by atoms with Gasteiger partial charge in [-0.05, 0) is 25.8 Å². The van der Waals surface area contributed by atoms with Crippen LogP contribution in [0, 0.1) is 19.8 Å². The Labute approximate surface area is 131 Å². The van der Waals surface area contributed by atoms with Gasteiger partial charge < -0.3 is 20.2 Å². The predicted octanol–water partition coefficient (Wildman–Crippen LogP) is 1.54. The highest BCUT2D eigenvalue weighted by atomic mass is 16.3. The molecule has 124 valence electrons. The van der Waals surface area contributed by atoms with Crippen LogP contribution >= 0.6 is 0 Å². The smallest absolute Gasteiger partial charge is 0.255 e. The quantitative estimate of drug-likeness (QED) is 0.679. The van der Waals surface area contributed by atoms with Gasteiger partial charge in [0, 0.05) is 6.54 Å². The van der Waals surface area contributed by atoms with Gasteiger partial charge in [-0.3, -0.25) is 9.59 Å². The molecule has 6 heteroatoms. The molecule has 0 aromatic carbocycles. The number of amides is 2. The minimum Gasteiger partial charge on any atom is -0.466 e. The Morgan fingerprint density at radius 1 is 1.23 bits per heavy atom. The first-order valence-corrected chi connectivity index (χ1v) is 7.68. The van der Waals surface area contributed by atoms with Crippen molar-refractivity contribution in [3.05, 3.63) is 23.2 Å². The predicted molar refractivity (Wildman–Crippen MR) is 83.6 cm³/mol. The number of aliphatic hydroxyl groups is 1. The maximum Gasteiger partial charge on any atom is 0.255 e. The van der Waals surface area contributed by atoms with Gasteiger partial charge in [0.1, 0.15) is 11.5 Å². The molecule has 0 aliphatic carbocycles. The Hall–Kier alpha value is -1.82. The largest absolute Gasteiger partial charge is 0.466 e. The first-order chi connectivity index (χ1) is 10.4. The number of nitrogens with one attached hydrogen (secondary N) is 2. The van der Waals surface area contributed by atoms with Gasteiger partial charge in [0.25, 0.3) is 5.91 Å². The lowest BCUT2D eigenvalue weighted by molar-refractivity contribution is -0.120. The molecule has 0 saturated carbocycles. The molecule has 0 fully saturated rings. The first kappa shape index (κ1) is 18.2. The molecule has 1 unspecified atom stereocenters. The molecule has 1 atom stereocenters. The van der Waals surface area contributed by atoms with Gasteiger partial charge in [0.15, 0.2) is 0 Å². The number of furan rings is 1. The van der Waals surface area contributed by atoms with Gasteiger partial charge in [-0.2, -0.15) is 0 Å². The lowest BCUT2D eigenvalue weighted by Crippen LogP contribution is -2.41. The van der Waals surface area contributed by atoms with Crippen LogP contribution in [0.15, 0.2) is 10.5 Å². The fourth-order valence-corrected chi connectivity index (χ4v) is 2.39. The molecule has 0 bridgehead atoms. The lowest BCUT2D eigenvalue weighted by Gasteiger charge is -2.20. The van der Waals surface area contributed by atoms with E-state index < -0.39 is 6.10 Å². The van der Waals surface area contributed by atoms with E-state index in [-0.39, 0.29) is 30.8 Å². The highest BCUT2D eigenvalue weighted by molar-refractivity contribution is 5.97. The van der Waals surface area contributed by atoms with Crippen LogP contribution in [-0.2, 0) is 4.79 Å². The van der Waals surface area contributed by atoms with Crippen LogP contribution in [0.2, 0.25) is 0 Å². The molecular formula is C16H26N2O4. The van der Waals surface area contributed by atoms with Crippen molar-refractivity contribution in [1.29, 1.82) is 0 Å². The first-order valence-electron chi connectivity index (χ1n) is 7.68. The number of hydrogen-bond acceptors (Lipinski definition) is 4. The summed E-state index contributed by atoms with van der Waals surface area (Å²) in [7, 11) is 0. The third kappa shape index (κ3) is 5.18. The van der Waals surface area contributed by atoms with Crippen LogP contribution < -0.4 is 10.6 Å².